The third-order valence-corrected chi connectivity index (χ3v) is 5.89. The SMILES string of the molecule is CC(C)(C)OC(=O)N(CCF)c1ccc(-c2ccc(-c3nc4ccc(N)cc4s3)cc2)cn1. The van der Waals surface area contributed by atoms with Crippen molar-refractivity contribution in [2.24, 2.45) is 0 Å². The van der Waals surface area contributed by atoms with Crippen LogP contribution in [0.2, 0.25) is 0 Å². The van der Waals surface area contributed by atoms with Gasteiger partial charge in [-0.15, -0.1) is 11.3 Å². The highest BCUT2D eigenvalue weighted by molar-refractivity contribution is 7.21. The normalized spacial score (nSPS) is 11.5. The lowest BCUT2D eigenvalue weighted by Gasteiger charge is -2.26. The number of nitrogens with zero attached hydrogens (tertiary/aromatic N) is 3. The summed E-state index contributed by atoms with van der Waals surface area (Å²) < 4.78 is 19.5. The van der Waals surface area contributed by atoms with Gasteiger partial charge < -0.3 is 10.5 Å². The lowest BCUT2D eigenvalue weighted by Crippen LogP contribution is -2.38. The first-order valence-electron chi connectivity index (χ1n) is 10.5. The van der Waals surface area contributed by atoms with E-state index in [2.05, 4.69) is 9.97 Å². The fourth-order valence-electron chi connectivity index (χ4n) is 3.29. The number of hydrogen-bond acceptors (Lipinski definition) is 6. The number of pyridine rings is 1. The molecular weight excluding hydrogens is 439 g/mol. The van der Waals surface area contributed by atoms with E-state index < -0.39 is 18.4 Å². The van der Waals surface area contributed by atoms with Crippen molar-refractivity contribution in [1.82, 2.24) is 9.97 Å². The second kappa shape index (κ2) is 9.15. The summed E-state index contributed by atoms with van der Waals surface area (Å²) >= 11 is 1.60. The number of benzene rings is 2. The zero-order chi connectivity index (χ0) is 23.6. The number of hydrogen-bond donors (Lipinski definition) is 1. The number of halogens is 1. The molecule has 4 aromatic rings. The molecule has 0 unspecified atom stereocenters. The number of fused-ring (bicyclic) bond motifs is 1. The molecular formula is C25H25FN4O2S. The Balaban J connectivity index is 1.54. The van der Waals surface area contributed by atoms with Crippen molar-refractivity contribution in [3.8, 4) is 21.7 Å². The second-order valence-electron chi connectivity index (χ2n) is 8.55. The van der Waals surface area contributed by atoms with E-state index in [1.807, 2.05) is 48.5 Å². The van der Waals surface area contributed by atoms with Gasteiger partial charge in [-0.25, -0.2) is 19.2 Å². The zero-order valence-electron chi connectivity index (χ0n) is 18.7. The molecule has 0 spiro atoms. The van der Waals surface area contributed by atoms with Gasteiger partial charge in [0.1, 0.15) is 23.1 Å². The summed E-state index contributed by atoms with van der Waals surface area (Å²) in [7, 11) is 0. The summed E-state index contributed by atoms with van der Waals surface area (Å²) in [5.74, 6) is 0.344. The van der Waals surface area contributed by atoms with Gasteiger partial charge in [0, 0.05) is 23.0 Å². The van der Waals surface area contributed by atoms with Crippen molar-refractivity contribution < 1.29 is 13.9 Å². The molecule has 8 heteroatoms. The van der Waals surface area contributed by atoms with Gasteiger partial charge in [-0.1, -0.05) is 24.3 Å². The molecule has 2 aromatic heterocycles. The van der Waals surface area contributed by atoms with E-state index in [0.717, 1.165) is 37.6 Å². The van der Waals surface area contributed by atoms with E-state index in [0.29, 0.717) is 5.82 Å². The molecule has 0 saturated heterocycles. The van der Waals surface area contributed by atoms with Crippen LogP contribution in [-0.2, 0) is 4.74 Å². The quantitative estimate of drug-likeness (QED) is 0.350. The minimum Gasteiger partial charge on any atom is -0.443 e. The monoisotopic (exact) mass is 464 g/mol. The first kappa shape index (κ1) is 22.7. The molecule has 0 bridgehead atoms. The second-order valence-corrected chi connectivity index (χ2v) is 9.58. The molecule has 0 aliphatic heterocycles. The fourth-order valence-corrected chi connectivity index (χ4v) is 4.31. The minimum atomic E-state index is -0.692. The number of thiazole rings is 1. The summed E-state index contributed by atoms with van der Waals surface area (Å²) in [5.41, 5.74) is 9.71. The number of carbonyl (C=O) groups excluding carboxylic acids is 1. The van der Waals surface area contributed by atoms with Gasteiger partial charge in [-0.2, -0.15) is 0 Å². The van der Waals surface area contributed by atoms with Crippen LogP contribution in [0.25, 0.3) is 31.9 Å². The number of ether oxygens (including phenoxy) is 1. The molecule has 0 aliphatic carbocycles. The maximum absolute atomic E-state index is 13.0. The average Bonchev–Trinajstić information content (AvgIpc) is 3.20. The van der Waals surface area contributed by atoms with Crippen LogP contribution in [0.15, 0.2) is 60.8 Å². The maximum atomic E-state index is 13.0. The highest BCUT2D eigenvalue weighted by Gasteiger charge is 2.24. The summed E-state index contributed by atoms with van der Waals surface area (Å²) in [5, 5.41) is 0.926. The molecule has 170 valence electrons. The highest BCUT2D eigenvalue weighted by Crippen LogP contribution is 2.32. The maximum Gasteiger partial charge on any atom is 0.416 e. The molecule has 2 N–H and O–H groups in total. The molecule has 6 nitrogen and oxygen atoms in total. The molecule has 0 atom stereocenters. The number of nitrogens with two attached hydrogens (primary N) is 1. The molecule has 0 aliphatic rings. The van der Waals surface area contributed by atoms with Gasteiger partial charge >= 0.3 is 6.09 Å². The Hall–Kier alpha value is -3.52. The molecule has 0 saturated carbocycles. The Morgan fingerprint density at radius 1 is 1.06 bits per heavy atom. The Labute approximate surface area is 195 Å². The highest BCUT2D eigenvalue weighted by atomic mass is 32.1. The standard InChI is InChI=1S/C25H25FN4O2S/c1-25(2,3)32-24(31)30(13-12-26)22-11-8-18(15-28-22)16-4-6-17(7-5-16)23-29-20-10-9-19(27)14-21(20)33-23/h4-11,14-15H,12-13,27H2,1-3H3. The van der Waals surface area contributed by atoms with E-state index in [-0.39, 0.29) is 6.54 Å². The number of alkyl halides is 1. The van der Waals surface area contributed by atoms with Crippen LogP contribution in [0.3, 0.4) is 0 Å². The third kappa shape index (κ3) is 5.28. The lowest BCUT2D eigenvalue weighted by molar-refractivity contribution is 0.0577. The predicted molar refractivity (Wildman–Crippen MR) is 132 cm³/mol. The number of rotatable bonds is 5. The van der Waals surface area contributed by atoms with Crippen LogP contribution in [-0.4, -0.2) is 34.9 Å². The van der Waals surface area contributed by atoms with E-state index >= 15 is 0 Å². The summed E-state index contributed by atoms with van der Waals surface area (Å²) in [4.78, 5) is 22.7. The van der Waals surface area contributed by atoms with Crippen molar-refractivity contribution in [2.45, 2.75) is 26.4 Å². The Bertz CT molecular complexity index is 1260. The Morgan fingerprint density at radius 2 is 1.76 bits per heavy atom. The van der Waals surface area contributed by atoms with E-state index in [1.54, 1.807) is 44.4 Å². The van der Waals surface area contributed by atoms with Crippen molar-refractivity contribution in [1.29, 1.82) is 0 Å². The van der Waals surface area contributed by atoms with Gasteiger partial charge in [0.25, 0.3) is 0 Å². The predicted octanol–water partition coefficient (Wildman–Crippen LogP) is 6.32. The molecule has 4 rings (SSSR count). The molecule has 1 amide bonds. The van der Waals surface area contributed by atoms with Crippen LogP contribution < -0.4 is 10.6 Å². The molecule has 0 fully saturated rings. The van der Waals surface area contributed by atoms with Gasteiger partial charge in [-0.3, -0.25) is 4.90 Å². The van der Waals surface area contributed by atoms with Crippen molar-refractivity contribution in [3.63, 3.8) is 0 Å². The molecule has 2 aromatic carbocycles. The van der Waals surface area contributed by atoms with Gasteiger partial charge in [0.05, 0.1) is 16.8 Å². The smallest absolute Gasteiger partial charge is 0.416 e. The van der Waals surface area contributed by atoms with Crippen LogP contribution in [0.1, 0.15) is 20.8 Å². The summed E-state index contributed by atoms with van der Waals surface area (Å²) in [6, 6.07) is 17.3. The number of nitrogen functional groups attached to an aromatic ring is 1. The molecule has 0 radical (unpaired) electrons. The lowest BCUT2D eigenvalue weighted by atomic mass is 10.1. The number of carbonyl (C=O) groups is 1. The van der Waals surface area contributed by atoms with Gasteiger partial charge in [-0.05, 0) is 56.7 Å². The first-order valence-corrected chi connectivity index (χ1v) is 11.3. The van der Waals surface area contributed by atoms with Crippen molar-refractivity contribution in [2.75, 3.05) is 23.9 Å². The van der Waals surface area contributed by atoms with Crippen LogP contribution in [0.5, 0.6) is 0 Å². The van der Waals surface area contributed by atoms with E-state index in [1.165, 1.54) is 4.90 Å². The minimum absolute atomic E-state index is 0.121. The number of anilines is 2. The fraction of sp³-hybridized carbons (Fsp3) is 0.240. The van der Waals surface area contributed by atoms with Crippen molar-refractivity contribution in [3.05, 3.63) is 60.8 Å². The summed E-state index contributed by atoms with van der Waals surface area (Å²) in [6.07, 6.45) is 1.04. The average molecular weight is 465 g/mol. The number of amides is 1. The molecule has 2 heterocycles. The third-order valence-electron chi connectivity index (χ3n) is 4.82. The summed E-state index contributed by atoms with van der Waals surface area (Å²) in [6.45, 7) is 4.49. The topological polar surface area (TPSA) is 81.3 Å². The van der Waals surface area contributed by atoms with Gasteiger partial charge in [0.15, 0.2) is 0 Å². The van der Waals surface area contributed by atoms with Crippen LogP contribution >= 0.6 is 11.3 Å². The Kier molecular flexibility index (Phi) is 6.29. The molecule has 33 heavy (non-hydrogen) atoms. The Morgan fingerprint density at radius 3 is 2.39 bits per heavy atom. The van der Waals surface area contributed by atoms with Gasteiger partial charge in [0.2, 0.25) is 0 Å². The van der Waals surface area contributed by atoms with Crippen LogP contribution in [0, 0.1) is 0 Å². The van der Waals surface area contributed by atoms with Crippen molar-refractivity contribution >= 4 is 39.2 Å². The van der Waals surface area contributed by atoms with Crippen LogP contribution in [0.4, 0.5) is 20.7 Å². The largest absolute Gasteiger partial charge is 0.443 e. The van der Waals surface area contributed by atoms with E-state index in [4.69, 9.17) is 10.5 Å². The zero-order valence-corrected chi connectivity index (χ0v) is 19.5. The van der Waals surface area contributed by atoms with E-state index in [9.17, 15) is 9.18 Å². The first-order chi connectivity index (χ1) is 15.7. The number of aromatic nitrogens is 2.